The maximum Gasteiger partial charge on any atom is 0.220 e. The number of hydrogen-bond acceptors (Lipinski definition) is 2. The predicted molar refractivity (Wildman–Crippen MR) is 75.0 cm³/mol. The van der Waals surface area contributed by atoms with Crippen molar-refractivity contribution in [2.75, 3.05) is 0 Å². The monoisotopic (exact) mass is 248 g/mol. The molecule has 3 N–H and O–H groups in total. The number of carbonyl (C=O) groups is 1. The van der Waals surface area contributed by atoms with Crippen LogP contribution in [0, 0.1) is 0 Å². The average molecular weight is 248 g/mol. The number of nitrogens with two attached hydrogens (primary N) is 1. The number of unbranched alkanes of at least 4 members (excludes halogenated alkanes) is 2. The van der Waals surface area contributed by atoms with Gasteiger partial charge in [-0.15, -0.1) is 0 Å². The molecule has 3 heteroatoms. The van der Waals surface area contributed by atoms with Crippen LogP contribution < -0.4 is 11.1 Å². The summed E-state index contributed by atoms with van der Waals surface area (Å²) in [5.41, 5.74) is 7.79. The molecule has 0 saturated carbocycles. The van der Waals surface area contributed by atoms with Crippen molar-refractivity contribution in [3.05, 3.63) is 35.4 Å². The van der Waals surface area contributed by atoms with Crippen LogP contribution in [-0.4, -0.2) is 5.91 Å². The smallest absolute Gasteiger partial charge is 0.220 e. The van der Waals surface area contributed by atoms with Gasteiger partial charge in [-0.1, -0.05) is 44.0 Å². The van der Waals surface area contributed by atoms with Gasteiger partial charge in [0.15, 0.2) is 0 Å². The van der Waals surface area contributed by atoms with Gasteiger partial charge in [-0.25, -0.2) is 0 Å². The lowest BCUT2D eigenvalue weighted by Gasteiger charge is -2.14. The average Bonchev–Trinajstić information content (AvgIpc) is 2.39. The first-order valence-corrected chi connectivity index (χ1v) is 6.75. The van der Waals surface area contributed by atoms with Gasteiger partial charge in [0.1, 0.15) is 0 Å². The normalized spacial score (nSPS) is 12.2. The van der Waals surface area contributed by atoms with Crippen LogP contribution in [0.2, 0.25) is 0 Å². The van der Waals surface area contributed by atoms with Crippen molar-refractivity contribution in [2.24, 2.45) is 5.73 Å². The Balaban J connectivity index is 2.43. The third-order valence-corrected chi connectivity index (χ3v) is 3.10. The Hall–Kier alpha value is -1.35. The van der Waals surface area contributed by atoms with Crippen molar-refractivity contribution in [3.8, 4) is 0 Å². The first-order chi connectivity index (χ1) is 8.67. The van der Waals surface area contributed by atoms with Crippen molar-refractivity contribution in [3.63, 3.8) is 0 Å². The summed E-state index contributed by atoms with van der Waals surface area (Å²) in [5, 5.41) is 3.02. The Morgan fingerprint density at radius 2 is 1.94 bits per heavy atom. The number of carbonyl (C=O) groups excluding carboxylic acids is 1. The zero-order valence-electron chi connectivity index (χ0n) is 11.4. The summed E-state index contributed by atoms with van der Waals surface area (Å²) >= 11 is 0. The van der Waals surface area contributed by atoms with Crippen LogP contribution in [0.15, 0.2) is 24.3 Å². The SMILES string of the molecule is CCCCCC(=O)NC(C)c1ccc(CN)cc1. The van der Waals surface area contributed by atoms with E-state index in [4.69, 9.17) is 5.73 Å². The lowest BCUT2D eigenvalue weighted by atomic mass is 10.1. The van der Waals surface area contributed by atoms with E-state index in [0.29, 0.717) is 13.0 Å². The van der Waals surface area contributed by atoms with Crippen molar-refractivity contribution in [1.82, 2.24) is 5.32 Å². The minimum atomic E-state index is 0.0611. The maximum absolute atomic E-state index is 11.7. The molecular formula is C15H24N2O. The Morgan fingerprint density at radius 1 is 1.28 bits per heavy atom. The molecule has 1 unspecified atom stereocenters. The molecule has 0 spiro atoms. The summed E-state index contributed by atoms with van der Waals surface area (Å²) in [4.78, 5) is 11.7. The van der Waals surface area contributed by atoms with Crippen LogP contribution in [0.1, 0.15) is 56.7 Å². The van der Waals surface area contributed by atoms with Crippen LogP contribution in [0.25, 0.3) is 0 Å². The van der Waals surface area contributed by atoms with E-state index in [9.17, 15) is 4.79 Å². The molecule has 0 aromatic heterocycles. The highest BCUT2D eigenvalue weighted by atomic mass is 16.1. The molecule has 1 aromatic carbocycles. The molecule has 100 valence electrons. The van der Waals surface area contributed by atoms with Gasteiger partial charge in [0, 0.05) is 13.0 Å². The number of amides is 1. The molecule has 0 aliphatic carbocycles. The first-order valence-electron chi connectivity index (χ1n) is 6.75. The summed E-state index contributed by atoms with van der Waals surface area (Å²) in [6.45, 7) is 4.70. The molecule has 0 heterocycles. The van der Waals surface area contributed by atoms with E-state index in [1.54, 1.807) is 0 Å². The highest BCUT2D eigenvalue weighted by molar-refractivity contribution is 5.76. The molecular weight excluding hydrogens is 224 g/mol. The quantitative estimate of drug-likeness (QED) is 0.729. The van der Waals surface area contributed by atoms with Crippen molar-refractivity contribution in [1.29, 1.82) is 0 Å². The summed E-state index contributed by atoms with van der Waals surface area (Å²) < 4.78 is 0. The Kier molecular flexibility index (Phi) is 6.44. The third-order valence-electron chi connectivity index (χ3n) is 3.10. The zero-order valence-corrected chi connectivity index (χ0v) is 11.4. The molecule has 0 fully saturated rings. The number of benzene rings is 1. The Bertz CT molecular complexity index is 359. The van der Waals surface area contributed by atoms with Gasteiger partial charge in [0.05, 0.1) is 6.04 Å². The highest BCUT2D eigenvalue weighted by Gasteiger charge is 2.08. The van der Waals surface area contributed by atoms with E-state index >= 15 is 0 Å². The number of hydrogen-bond donors (Lipinski definition) is 2. The topological polar surface area (TPSA) is 55.1 Å². The minimum absolute atomic E-state index is 0.0611. The lowest BCUT2D eigenvalue weighted by Crippen LogP contribution is -2.26. The highest BCUT2D eigenvalue weighted by Crippen LogP contribution is 2.13. The second-order valence-electron chi connectivity index (χ2n) is 4.69. The van der Waals surface area contributed by atoms with Gasteiger partial charge >= 0.3 is 0 Å². The van der Waals surface area contributed by atoms with Crippen LogP contribution in [-0.2, 0) is 11.3 Å². The minimum Gasteiger partial charge on any atom is -0.350 e. The summed E-state index contributed by atoms with van der Waals surface area (Å²) in [5.74, 6) is 0.138. The van der Waals surface area contributed by atoms with Gasteiger partial charge in [-0.2, -0.15) is 0 Å². The van der Waals surface area contributed by atoms with Gasteiger partial charge in [0.25, 0.3) is 0 Å². The van der Waals surface area contributed by atoms with E-state index in [-0.39, 0.29) is 11.9 Å². The van der Waals surface area contributed by atoms with E-state index in [1.807, 2.05) is 31.2 Å². The molecule has 18 heavy (non-hydrogen) atoms. The molecule has 3 nitrogen and oxygen atoms in total. The fourth-order valence-corrected chi connectivity index (χ4v) is 1.87. The third kappa shape index (κ3) is 4.88. The largest absolute Gasteiger partial charge is 0.350 e. The van der Waals surface area contributed by atoms with Gasteiger partial charge in [0.2, 0.25) is 5.91 Å². The maximum atomic E-state index is 11.7. The van der Waals surface area contributed by atoms with E-state index in [1.165, 1.54) is 0 Å². The standard InChI is InChI=1S/C15H24N2O/c1-3-4-5-6-15(18)17-12(2)14-9-7-13(11-16)8-10-14/h7-10,12H,3-6,11,16H2,1-2H3,(H,17,18). The van der Waals surface area contributed by atoms with Crippen molar-refractivity contribution in [2.45, 2.75) is 52.1 Å². The van der Waals surface area contributed by atoms with Crippen LogP contribution in [0.4, 0.5) is 0 Å². The fourth-order valence-electron chi connectivity index (χ4n) is 1.87. The van der Waals surface area contributed by atoms with E-state index in [2.05, 4.69) is 12.2 Å². The Labute approximate surface area is 110 Å². The van der Waals surface area contributed by atoms with Crippen LogP contribution >= 0.6 is 0 Å². The Morgan fingerprint density at radius 3 is 2.50 bits per heavy atom. The number of rotatable bonds is 7. The molecule has 0 aliphatic heterocycles. The van der Waals surface area contributed by atoms with E-state index in [0.717, 1.165) is 30.4 Å². The zero-order chi connectivity index (χ0) is 13.4. The molecule has 1 aromatic rings. The lowest BCUT2D eigenvalue weighted by molar-refractivity contribution is -0.121. The predicted octanol–water partition coefficient (Wildman–Crippen LogP) is 2.90. The molecule has 0 aliphatic rings. The summed E-state index contributed by atoms with van der Waals surface area (Å²) in [6, 6.07) is 8.13. The molecule has 1 atom stereocenters. The second kappa shape index (κ2) is 7.88. The van der Waals surface area contributed by atoms with Crippen molar-refractivity contribution >= 4 is 5.91 Å². The second-order valence-corrected chi connectivity index (χ2v) is 4.69. The molecule has 0 radical (unpaired) electrons. The molecule has 0 saturated heterocycles. The molecule has 1 rings (SSSR count). The molecule has 0 bridgehead atoms. The van der Waals surface area contributed by atoms with Gasteiger partial charge < -0.3 is 11.1 Å². The summed E-state index contributed by atoms with van der Waals surface area (Å²) in [6.07, 6.45) is 3.86. The van der Waals surface area contributed by atoms with Crippen molar-refractivity contribution < 1.29 is 4.79 Å². The molecule has 1 amide bonds. The number of nitrogens with one attached hydrogen (secondary N) is 1. The van der Waals surface area contributed by atoms with E-state index < -0.39 is 0 Å². The van der Waals surface area contributed by atoms with Crippen LogP contribution in [0.3, 0.4) is 0 Å². The van der Waals surface area contributed by atoms with Gasteiger partial charge in [-0.3, -0.25) is 4.79 Å². The first kappa shape index (κ1) is 14.7. The van der Waals surface area contributed by atoms with Gasteiger partial charge in [-0.05, 0) is 24.5 Å². The summed E-state index contributed by atoms with van der Waals surface area (Å²) in [7, 11) is 0. The fraction of sp³-hybridized carbons (Fsp3) is 0.533. The van der Waals surface area contributed by atoms with Crippen LogP contribution in [0.5, 0.6) is 0 Å².